The van der Waals surface area contributed by atoms with Crippen molar-refractivity contribution in [2.24, 2.45) is 0 Å². The Balaban J connectivity index is 1.84. The summed E-state index contributed by atoms with van der Waals surface area (Å²) in [6.45, 7) is 4.63. The molecule has 1 aliphatic rings. The molecule has 118 valence electrons. The van der Waals surface area contributed by atoms with E-state index in [-0.39, 0.29) is 0 Å². The molecule has 0 saturated carbocycles. The van der Waals surface area contributed by atoms with Crippen molar-refractivity contribution in [1.82, 2.24) is 0 Å². The Bertz CT molecular complexity index is 578. The second kappa shape index (κ2) is 6.50. The maximum Gasteiger partial charge on any atom is 0.129 e. The van der Waals surface area contributed by atoms with Crippen LogP contribution in [0.1, 0.15) is 16.9 Å². The van der Waals surface area contributed by atoms with Crippen molar-refractivity contribution < 1.29 is 14.3 Å². The lowest BCUT2D eigenvalue weighted by atomic mass is 9.88. The minimum Gasteiger partial charge on any atom is -0.379 e. The van der Waals surface area contributed by atoms with E-state index in [1.807, 2.05) is 47.8 Å². The first kappa shape index (κ1) is 15.7. The summed E-state index contributed by atoms with van der Waals surface area (Å²) < 4.78 is 6.45. The summed E-state index contributed by atoms with van der Waals surface area (Å²) in [5, 5.41) is 13.5. The van der Waals surface area contributed by atoms with E-state index >= 15 is 0 Å². The van der Waals surface area contributed by atoms with Crippen molar-refractivity contribution in [2.75, 3.05) is 39.9 Å². The lowest BCUT2D eigenvalue weighted by Gasteiger charge is -2.40. The summed E-state index contributed by atoms with van der Waals surface area (Å²) in [5.74, 6) is 0. The van der Waals surface area contributed by atoms with Crippen LogP contribution in [-0.4, -0.2) is 49.5 Å². The van der Waals surface area contributed by atoms with Gasteiger partial charge in [-0.05, 0) is 17.0 Å². The maximum atomic E-state index is 11.5. The Morgan fingerprint density at radius 1 is 1.14 bits per heavy atom. The van der Waals surface area contributed by atoms with Crippen LogP contribution in [0.15, 0.2) is 47.8 Å². The second-order valence-electron chi connectivity index (χ2n) is 6.36. The van der Waals surface area contributed by atoms with Crippen LogP contribution in [0.25, 0.3) is 0 Å². The van der Waals surface area contributed by atoms with Crippen molar-refractivity contribution in [2.45, 2.75) is 12.0 Å². The van der Waals surface area contributed by atoms with Gasteiger partial charge in [-0.25, -0.2) is 0 Å². The van der Waals surface area contributed by atoms with Crippen molar-refractivity contribution in [1.29, 1.82) is 0 Å². The third-order valence-corrected chi connectivity index (χ3v) is 5.77. The molecule has 1 saturated heterocycles. The van der Waals surface area contributed by atoms with Crippen LogP contribution >= 0.6 is 11.3 Å². The van der Waals surface area contributed by atoms with Gasteiger partial charge in [-0.15, -0.1) is 11.3 Å². The average molecular weight is 318 g/mol. The van der Waals surface area contributed by atoms with E-state index < -0.39 is 5.60 Å². The molecule has 1 aliphatic heterocycles. The number of aliphatic hydroxyl groups is 1. The van der Waals surface area contributed by atoms with Gasteiger partial charge in [0.1, 0.15) is 18.7 Å². The van der Waals surface area contributed by atoms with Gasteiger partial charge in [0, 0.05) is 11.3 Å². The van der Waals surface area contributed by atoms with E-state index in [4.69, 9.17) is 4.74 Å². The number of nitrogens with zero attached hydrogens (tertiary/aromatic N) is 1. The number of ether oxygens (including phenoxy) is 1. The van der Waals surface area contributed by atoms with E-state index in [2.05, 4.69) is 7.05 Å². The molecule has 0 aliphatic carbocycles. The Hall–Kier alpha value is -1.20. The molecule has 3 nitrogen and oxygen atoms in total. The fourth-order valence-electron chi connectivity index (χ4n) is 3.08. The van der Waals surface area contributed by atoms with Gasteiger partial charge in [0.25, 0.3) is 0 Å². The highest BCUT2D eigenvalue weighted by molar-refractivity contribution is 7.10. The highest BCUT2D eigenvalue weighted by Crippen LogP contribution is 2.36. The van der Waals surface area contributed by atoms with Crippen LogP contribution in [0.2, 0.25) is 0 Å². The summed E-state index contributed by atoms with van der Waals surface area (Å²) in [7, 11) is 2.27. The normalized spacial score (nSPS) is 20.5. The molecule has 1 aromatic carbocycles. The summed E-state index contributed by atoms with van der Waals surface area (Å²) in [6.07, 6.45) is 0.730. The van der Waals surface area contributed by atoms with Crippen LogP contribution < -0.4 is 0 Å². The van der Waals surface area contributed by atoms with Crippen LogP contribution in [-0.2, 0) is 10.3 Å². The fourth-order valence-corrected chi connectivity index (χ4v) is 3.95. The topological polar surface area (TPSA) is 29.5 Å². The number of likely N-dealkylation sites (N-methyl/N-ethyl adjacent to an activating group) is 1. The molecule has 1 aromatic heterocycles. The molecular formula is C18H24NO2S+. The van der Waals surface area contributed by atoms with Crippen molar-refractivity contribution in [3.63, 3.8) is 0 Å². The first-order valence-electron chi connectivity index (χ1n) is 7.86. The summed E-state index contributed by atoms with van der Waals surface area (Å²) in [6, 6.07) is 14.1. The van der Waals surface area contributed by atoms with Gasteiger partial charge in [-0.1, -0.05) is 36.4 Å². The fraction of sp³-hybridized carbons (Fsp3) is 0.444. The molecule has 22 heavy (non-hydrogen) atoms. The number of hydrogen-bond donors (Lipinski definition) is 1. The Labute approximate surface area is 136 Å². The van der Waals surface area contributed by atoms with Gasteiger partial charge < -0.3 is 14.3 Å². The van der Waals surface area contributed by atoms with E-state index in [9.17, 15) is 5.11 Å². The molecule has 4 heteroatoms. The zero-order valence-electron chi connectivity index (χ0n) is 13.1. The molecule has 2 aromatic rings. The lowest BCUT2D eigenvalue weighted by molar-refractivity contribution is -0.917. The number of benzene rings is 1. The van der Waals surface area contributed by atoms with Crippen LogP contribution in [0.5, 0.6) is 0 Å². The molecule has 0 unspecified atom stereocenters. The summed E-state index contributed by atoms with van der Waals surface area (Å²) >= 11 is 1.63. The highest BCUT2D eigenvalue weighted by atomic mass is 32.1. The average Bonchev–Trinajstić information content (AvgIpc) is 3.09. The predicted molar refractivity (Wildman–Crippen MR) is 90.0 cm³/mol. The SMILES string of the molecule is C[N+]1(CC[C@](O)(c2ccccc2)c2cccs2)CCOCC1. The van der Waals surface area contributed by atoms with Crippen LogP contribution in [0.3, 0.4) is 0 Å². The number of thiophene rings is 1. The molecule has 0 amide bonds. The first-order chi connectivity index (χ1) is 10.6. The number of morpholine rings is 1. The minimum atomic E-state index is -0.894. The number of rotatable bonds is 5. The van der Waals surface area contributed by atoms with Gasteiger partial charge >= 0.3 is 0 Å². The molecule has 1 fully saturated rings. The monoisotopic (exact) mass is 318 g/mol. The van der Waals surface area contributed by atoms with Crippen LogP contribution in [0, 0.1) is 0 Å². The quantitative estimate of drug-likeness (QED) is 0.859. The van der Waals surface area contributed by atoms with E-state index in [0.717, 1.165) is 54.2 Å². The van der Waals surface area contributed by atoms with Crippen LogP contribution in [0.4, 0.5) is 0 Å². The summed E-state index contributed by atoms with van der Waals surface area (Å²) in [4.78, 5) is 1.03. The van der Waals surface area contributed by atoms with Gasteiger partial charge in [0.05, 0.1) is 26.8 Å². The van der Waals surface area contributed by atoms with E-state index in [1.54, 1.807) is 11.3 Å². The summed E-state index contributed by atoms with van der Waals surface area (Å²) in [5.41, 5.74) is 0.0898. The number of quaternary nitrogens is 1. The van der Waals surface area contributed by atoms with Gasteiger partial charge in [-0.2, -0.15) is 0 Å². The molecule has 0 spiro atoms. The molecular weight excluding hydrogens is 294 g/mol. The van der Waals surface area contributed by atoms with Gasteiger partial charge in [0.2, 0.25) is 0 Å². The third kappa shape index (κ3) is 3.25. The van der Waals surface area contributed by atoms with E-state index in [0.29, 0.717) is 0 Å². The van der Waals surface area contributed by atoms with E-state index in [1.165, 1.54) is 0 Å². The molecule has 2 heterocycles. The Morgan fingerprint density at radius 3 is 2.50 bits per heavy atom. The smallest absolute Gasteiger partial charge is 0.129 e. The molecule has 0 bridgehead atoms. The number of hydrogen-bond acceptors (Lipinski definition) is 3. The maximum absolute atomic E-state index is 11.5. The Kier molecular flexibility index (Phi) is 4.64. The lowest BCUT2D eigenvalue weighted by Crippen LogP contribution is -2.53. The van der Waals surface area contributed by atoms with Crippen molar-refractivity contribution >= 4 is 11.3 Å². The zero-order valence-corrected chi connectivity index (χ0v) is 13.9. The van der Waals surface area contributed by atoms with Gasteiger partial charge in [-0.3, -0.25) is 0 Å². The predicted octanol–water partition coefficient (Wildman–Crippen LogP) is 2.85. The van der Waals surface area contributed by atoms with Gasteiger partial charge in [0.15, 0.2) is 0 Å². The third-order valence-electron chi connectivity index (χ3n) is 4.74. The molecule has 1 N–H and O–H groups in total. The zero-order chi connectivity index (χ0) is 15.5. The first-order valence-corrected chi connectivity index (χ1v) is 8.74. The molecule has 3 rings (SSSR count). The Morgan fingerprint density at radius 2 is 1.86 bits per heavy atom. The van der Waals surface area contributed by atoms with Crippen molar-refractivity contribution in [3.8, 4) is 0 Å². The van der Waals surface area contributed by atoms with Crippen molar-refractivity contribution in [3.05, 3.63) is 58.3 Å². The molecule has 0 radical (unpaired) electrons. The standard InChI is InChI=1S/C18H24NO2S/c1-19(11-13-21-14-12-19)10-9-18(20,17-8-5-15-22-17)16-6-3-2-4-7-16/h2-8,15,20H,9-14H2,1H3/q+1/t18-/m0/s1. The highest BCUT2D eigenvalue weighted by Gasteiger charge is 2.36. The second-order valence-corrected chi connectivity index (χ2v) is 7.30. The minimum absolute atomic E-state index is 0.730. The molecule has 1 atom stereocenters. The largest absolute Gasteiger partial charge is 0.379 e.